The van der Waals surface area contributed by atoms with Crippen molar-refractivity contribution in [3.05, 3.63) is 29.3 Å². The van der Waals surface area contributed by atoms with Gasteiger partial charge in [0, 0.05) is 13.0 Å². The summed E-state index contributed by atoms with van der Waals surface area (Å²) in [7, 11) is 0. The van der Waals surface area contributed by atoms with E-state index in [1.54, 1.807) is 6.92 Å². The monoisotopic (exact) mass is 260 g/mol. The summed E-state index contributed by atoms with van der Waals surface area (Å²) in [5, 5.41) is 2.24. The molecule has 0 aromatic heterocycles. The molecule has 18 heavy (non-hydrogen) atoms. The molecular formula is C12H15F3N2O. The molecule has 1 aromatic carbocycles. The maximum Gasteiger partial charge on any atom is 0.418 e. The van der Waals surface area contributed by atoms with Crippen LogP contribution < -0.4 is 11.1 Å². The Morgan fingerprint density at radius 1 is 1.44 bits per heavy atom. The van der Waals surface area contributed by atoms with Gasteiger partial charge in [0.25, 0.3) is 0 Å². The molecule has 100 valence electrons. The Hall–Kier alpha value is -1.56. The molecular weight excluding hydrogens is 245 g/mol. The van der Waals surface area contributed by atoms with Gasteiger partial charge in [-0.1, -0.05) is 12.1 Å². The number of anilines is 1. The molecule has 6 heteroatoms. The summed E-state index contributed by atoms with van der Waals surface area (Å²) in [5.41, 5.74) is 4.92. The summed E-state index contributed by atoms with van der Waals surface area (Å²) in [5.74, 6) is -0.544. The highest BCUT2D eigenvalue weighted by molar-refractivity contribution is 5.90. The summed E-state index contributed by atoms with van der Waals surface area (Å²) in [6, 6.07) is 3.49. The molecule has 0 aliphatic heterocycles. The van der Waals surface area contributed by atoms with E-state index in [0.717, 1.165) is 6.07 Å². The lowest BCUT2D eigenvalue weighted by Gasteiger charge is -2.18. The van der Waals surface area contributed by atoms with Crippen LogP contribution in [0.15, 0.2) is 18.2 Å². The molecule has 0 heterocycles. The van der Waals surface area contributed by atoms with Gasteiger partial charge in [-0.05, 0) is 25.0 Å². The first-order valence-electron chi connectivity index (χ1n) is 5.44. The van der Waals surface area contributed by atoms with E-state index < -0.39 is 17.6 Å². The van der Waals surface area contributed by atoms with E-state index in [0.29, 0.717) is 5.56 Å². The number of hydrogen-bond acceptors (Lipinski definition) is 2. The molecule has 0 saturated carbocycles. The summed E-state index contributed by atoms with van der Waals surface area (Å²) in [6.45, 7) is 2.86. The predicted octanol–water partition coefficient (Wildman–Crippen LogP) is 2.55. The molecule has 3 N–H and O–H groups in total. The maximum absolute atomic E-state index is 12.8. The first kappa shape index (κ1) is 14.5. The van der Waals surface area contributed by atoms with E-state index in [1.807, 2.05) is 0 Å². The second-order valence-electron chi connectivity index (χ2n) is 4.20. The lowest BCUT2D eigenvalue weighted by Crippen LogP contribution is -2.21. The lowest BCUT2D eigenvalue weighted by molar-refractivity contribution is -0.137. The van der Waals surface area contributed by atoms with E-state index in [1.165, 1.54) is 19.1 Å². The smallest absolute Gasteiger partial charge is 0.328 e. The van der Waals surface area contributed by atoms with Crippen molar-refractivity contribution in [2.24, 2.45) is 5.73 Å². The number of benzene rings is 1. The minimum atomic E-state index is -4.51. The van der Waals surface area contributed by atoms with Gasteiger partial charge in [-0.2, -0.15) is 13.2 Å². The molecule has 3 nitrogen and oxygen atoms in total. The molecule has 0 aliphatic rings. The number of hydrogen-bond donors (Lipinski definition) is 2. The van der Waals surface area contributed by atoms with Crippen molar-refractivity contribution in [3.8, 4) is 0 Å². The average molecular weight is 260 g/mol. The highest BCUT2D eigenvalue weighted by atomic mass is 19.4. The largest absolute Gasteiger partial charge is 0.418 e. The van der Waals surface area contributed by atoms with Crippen molar-refractivity contribution in [2.45, 2.75) is 32.5 Å². The first-order valence-corrected chi connectivity index (χ1v) is 5.44. The highest BCUT2D eigenvalue weighted by Crippen LogP contribution is 2.36. The number of para-hydroxylation sites is 1. The fourth-order valence-electron chi connectivity index (χ4n) is 1.68. The van der Waals surface area contributed by atoms with Crippen molar-refractivity contribution >= 4 is 11.6 Å². The van der Waals surface area contributed by atoms with Crippen LogP contribution in [0.2, 0.25) is 0 Å². The molecule has 1 amide bonds. The number of nitrogens with two attached hydrogens (primary N) is 1. The summed E-state index contributed by atoms with van der Waals surface area (Å²) >= 11 is 0. The van der Waals surface area contributed by atoms with Gasteiger partial charge in [-0.3, -0.25) is 4.79 Å². The SMILES string of the molecule is CC(=O)Nc1c(CC(C)N)cccc1C(F)(F)F. The van der Waals surface area contributed by atoms with Crippen LogP contribution in [0, 0.1) is 0 Å². The molecule has 0 radical (unpaired) electrons. The molecule has 1 rings (SSSR count). The zero-order valence-corrected chi connectivity index (χ0v) is 10.1. The molecule has 0 aliphatic carbocycles. The van der Waals surface area contributed by atoms with Crippen LogP contribution >= 0.6 is 0 Å². The Labute approximate surface area is 103 Å². The van der Waals surface area contributed by atoms with E-state index in [4.69, 9.17) is 5.73 Å². The van der Waals surface area contributed by atoms with Crippen molar-refractivity contribution in [2.75, 3.05) is 5.32 Å². The van der Waals surface area contributed by atoms with Crippen LogP contribution in [-0.4, -0.2) is 11.9 Å². The van der Waals surface area contributed by atoms with Crippen molar-refractivity contribution in [1.29, 1.82) is 0 Å². The number of amides is 1. The number of nitrogens with one attached hydrogen (secondary N) is 1. The van der Waals surface area contributed by atoms with Gasteiger partial charge in [0.1, 0.15) is 0 Å². The van der Waals surface area contributed by atoms with Gasteiger partial charge >= 0.3 is 6.18 Å². The fraction of sp³-hybridized carbons (Fsp3) is 0.417. The van der Waals surface area contributed by atoms with Gasteiger partial charge in [0.05, 0.1) is 11.3 Å². The number of halogens is 3. The van der Waals surface area contributed by atoms with Crippen LogP contribution in [0.1, 0.15) is 25.0 Å². The number of carbonyl (C=O) groups is 1. The minimum absolute atomic E-state index is 0.199. The third-order valence-corrected chi connectivity index (χ3v) is 2.30. The molecule has 0 fully saturated rings. The van der Waals surface area contributed by atoms with E-state index in [-0.39, 0.29) is 18.2 Å². The highest BCUT2D eigenvalue weighted by Gasteiger charge is 2.34. The predicted molar refractivity (Wildman–Crippen MR) is 63.1 cm³/mol. The first-order chi connectivity index (χ1) is 8.21. The molecule has 0 bridgehead atoms. The Bertz CT molecular complexity index is 441. The van der Waals surface area contributed by atoms with Crippen LogP contribution in [-0.2, 0) is 17.4 Å². The summed E-state index contributed by atoms with van der Waals surface area (Å²) in [6.07, 6.45) is -4.24. The molecule has 1 aromatic rings. The standard InChI is InChI=1S/C12H15F3N2O/c1-7(16)6-9-4-3-5-10(12(13,14)15)11(9)17-8(2)18/h3-5,7H,6,16H2,1-2H3,(H,17,18). The minimum Gasteiger partial charge on any atom is -0.328 e. The van der Waals surface area contributed by atoms with Gasteiger partial charge < -0.3 is 11.1 Å². The van der Waals surface area contributed by atoms with E-state index in [2.05, 4.69) is 5.32 Å². The fourth-order valence-corrected chi connectivity index (χ4v) is 1.68. The second kappa shape index (κ2) is 5.39. The average Bonchev–Trinajstić information content (AvgIpc) is 2.17. The zero-order valence-electron chi connectivity index (χ0n) is 10.1. The van der Waals surface area contributed by atoms with Gasteiger partial charge in [0.15, 0.2) is 0 Å². The van der Waals surface area contributed by atoms with E-state index >= 15 is 0 Å². The normalized spacial score (nSPS) is 13.2. The lowest BCUT2D eigenvalue weighted by atomic mass is 10.0. The second-order valence-corrected chi connectivity index (χ2v) is 4.20. The topological polar surface area (TPSA) is 55.1 Å². The van der Waals surface area contributed by atoms with Crippen LogP contribution in [0.5, 0.6) is 0 Å². The number of carbonyl (C=O) groups excluding carboxylic acids is 1. The van der Waals surface area contributed by atoms with Gasteiger partial charge in [-0.15, -0.1) is 0 Å². The summed E-state index contributed by atoms with van der Waals surface area (Å²) < 4.78 is 38.5. The quantitative estimate of drug-likeness (QED) is 0.877. The maximum atomic E-state index is 12.8. The summed E-state index contributed by atoms with van der Waals surface area (Å²) in [4.78, 5) is 11.0. The van der Waals surface area contributed by atoms with Crippen molar-refractivity contribution in [1.82, 2.24) is 0 Å². The Kier molecular flexibility index (Phi) is 4.34. The molecule has 0 spiro atoms. The Balaban J connectivity index is 3.30. The van der Waals surface area contributed by atoms with Gasteiger partial charge in [0.2, 0.25) is 5.91 Å². The van der Waals surface area contributed by atoms with Crippen LogP contribution in [0.3, 0.4) is 0 Å². The Morgan fingerprint density at radius 3 is 2.50 bits per heavy atom. The molecule has 1 atom stereocenters. The number of rotatable bonds is 3. The van der Waals surface area contributed by atoms with Crippen LogP contribution in [0.4, 0.5) is 18.9 Å². The zero-order chi connectivity index (χ0) is 13.9. The van der Waals surface area contributed by atoms with Crippen LogP contribution in [0.25, 0.3) is 0 Å². The number of alkyl halides is 3. The Morgan fingerprint density at radius 2 is 2.06 bits per heavy atom. The van der Waals surface area contributed by atoms with E-state index in [9.17, 15) is 18.0 Å². The third kappa shape index (κ3) is 3.73. The van der Waals surface area contributed by atoms with Gasteiger partial charge in [-0.25, -0.2) is 0 Å². The molecule has 1 unspecified atom stereocenters. The van der Waals surface area contributed by atoms with Crippen molar-refractivity contribution < 1.29 is 18.0 Å². The van der Waals surface area contributed by atoms with Crippen molar-refractivity contribution in [3.63, 3.8) is 0 Å². The molecule has 0 saturated heterocycles. The third-order valence-electron chi connectivity index (χ3n) is 2.30.